The number of morpholine rings is 1. The predicted molar refractivity (Wildman–Crippen MR) is 79.4 cm³/mol. The van der Waals surface area contributed by atoms with Gasteiger partial charge in [-0.2, -0.15) is 0 Å². The Kier molecular flexibility index (Phi) is 4.41. The summed E-state index contributed by atoms with van der Waals surface area (Å²) < 4.78 is 11.3. The molecule has 1 N–H and O–H groups in total. The maximum atomic E-state index is 12.1. The highest BCUT2D eigenvalue weighted by atomic mass is 16.5. The SMILES string of the molecule is Cc1ccccc1OC1CN(C(=O)C[C@H]2COCCN2)C1. The number of carbonyl (C=O) groups is 1. The zero-order chi connectivity index (χ0) is 14.7. The molecule has 0 bridgehead atoms. The molecule has 2 heterocycles. The van der Waals surface area contributed by atoms with Crippen LogP contribution in [0.25, 0.3) is 0 Å². The average Bonchev–Trinajstić information content (AvgIpc) is 2.45. The first-order valence-corrected chi connectivity index (χ1v) is 7.53. The Labute approximate surface area is 125 Å². The van der Waals surface area contributed by atoms with Gasteiger partial charge in [0.25, 0.3) is 0 Å². The van der Waals surface area contributed by atoms with Crippen molar-refractivity contribution in [3.8, 4) is 5.75 Å². The Morgan fingerprint density at radius 3 is 2.95 bits per heavy atom. The molecule has 0 aromatic heterocycles. The number of ether oxygens (including phenoxy) is 2. The minimum atomic E-state index is 0.116. The summed E-state index contributed by atoms with van der Waals surface area (Å²) in [5, 5.41) is 3.31. The van der Waals surface area contributed by atoms with Gasteiger partial charge in [-0.15, -0.1) is 0 Å². The van der Waals surface area contributed by atoms with E-state index in [1.54, 1.807) is 0 Å². The molecule has 0 aliphatic carbocycles. The number of nitrogens with zero attached hydrogens (tertiary/aromatic N) is 1. The van der Waals surface area contributed by atoms with Gasteiger partial charge in [0.15, 0.2) is 0 Å². The number of hydrogen-bond acceptors (Lipinski definition) is 4. The van der Waals surface area contributed by atoms with E-state index in [0.717, 1.165) is 24.5 Å². The third-order valence-corrected chi connectivity index (χ3v) is 4.01. The van der Waals surface area contributed by atoms with Crippen molar-refractivity contribution in [2.24, 2.45) is 0 Å². The fourth-order valence-electron chi connectivity index (χ4n) is 2.68. The number of carbonyl (C=O) groups excluding carboxylic acids is 1. The van der Waals surface area contributed by atoms with Gasteiger partial charge in [0.2, 0.25) is 5.91 Å². The molecule has 2 aliphatic rings. The Bertz CT molecular complexity index is 494. The second-order valence-electron chi connectivity index (χ2n) is 5.73. The van der Waals surface area contributed by atoms with Gasteiger partial charge in [0.1, 0.15) is 11.9 Å². The third-order valence-electron chi connectivity index (χ3n) is 4.01. The van der Waals surface area contributed by atoms with Gasteiger partial charge in [0, 0.05) is 19.0 Å². The van der Waals surface area contributed by atoms with Gasteiger partial charge in [-0.25, -0.2) is 0 Å². The van der Waals surface area contributed by atoms with Crippen LogP contribution < -0.4 is 10.1 Å². The summed E-state index contributed by atoms with van der Waals surface area (Å²) in [4.78, 5) is 14.0. The van der Waals surface area contributed by atoms with Crippen LogP contribution in [-0.4, -0.2) is 55.8 Å². The van der Waals surface area contributed by atoms with Crippen LogP contribution in [0.5, 0.6) is 5.75 Å². The Balaban J connectivity index is 1.43. The molecule has 0 spiro atoms. The molecule has 1 aromatic carbocycles. The van der Waals surface area contributed by atoms with E-state index >= 15 is 0 Å². The summed E-state index contributed by atoms with van der Waals surface area (Å²) in [6.45, 7) is 5.59. The summed E-state index contributed by atoms with van der Waals surface area (Å²) in [7, 11) is 0. The molecular weight excluding hydrogens is 268 g/mol. The number of para-hydroxylation sites is 1. The molecule has 0 radical (unpaired) electrons. The van der Waals surface area contributed by atoms with Crippen LogP contribution in [0.1, 0.15) is 12.0 Å². The Morgan fingerprint density at radius 1 is 1.43 bits per heavy atom. The lowest BCUT2D eigenvalue weighted by Gasteiger charge is -2.40. The molecule has 2 saturated heterocycles. The van der Waals surface area contributed by atoms with Crippen molar-refractivity contribution in [3.05, 3.63) is 29.8 Å². The number of benzene rings is 1. The van der Waals surface area contributed by atoms with Crippen molar-refractivity contribution in [1.82, 2.24) is 10.2 Å². The van der Waals surface area contributed by atoms with E-state index in [-0.39, 0.29) is 18.1 Å². The van der Waals surface area contributed by atoms with Crippen LogP contribution >= 0.6 is 0 Å². The van der Waals surface area contributed by atoms with Crippen LogP contribution in [-0.2, 0) is 9.53 Å². The van der Waals surface area contributed by atoms with E-state index in [9.17, 15) is 4.79 Å². The van der Waals surface area contributed by atoms with Crippen LogP contribution in [0, 0.1) is 6.92 Å². The third kappa shape index (κ3) is 3.54. The Hall–Kier alpha value is -1.59. The van der Waals surface area contributed by atoms with Gasteiger partial charge in [0.05, 0.1) is 26.3 Å². The smallest absolute Gasteiger partial charge is 0.224 e. The summed E-state index contributed by atoms with van der Waals surface area (Å²) in [5.74, 6) is 1.10. The molecule has 1 atom stereocenters. The second kappa shape index (κ2) is 6.45. The average molecular weight is 290 g/mol. The monoisotopic (exact) mass is 290 g/mol. The minimum absolute atomic E-state index is 0.116. The highest BCUT2D eigenvalue weighted by molar-refractivity contribution is 5.77. The minimum Gasteiger partial charge on any atom is -0.486 e. The summed E-state index contributed by atoms with van der Waals surface area (Å²) in [6.07, 6.45) is 0.627. The first kappa shape index (κ1) is 14.4. The van der Waals surface area contributed by atoms with Crippen molar-refractivity contribution in [1.29, 1.82) is 0 Å². The number of nitrogens with one attached hydrogen (secondary N) is 1. The lowest BCUT2D eigenvalue weighted by atomic mass is 10.1. The summed E-state index contributed by atoms with van der Waals surface area (Å²) >= 11 is 0. The van der Waals surface area contributed by atoms with Crippen molar-refractivity contribution < 1.29 is 14.3 Å². The highest BCUT2D eigenvalue weighted by Gasteiger charge is 2.33. The molecule has 2 aliphatic heterocycles. The first-order chi connectivity index (χ1) is 10.2. The number of rotatable bonds is 4. The molecule has 1 amide bonds. The van der Waals surface area contributed by atoms with E-state index in [0.29, 0.717) is 26.1 Å². The quantitative estimate of drug-likeness (QED) is 0.897. The lowest BCUT2D eigenvalue weighted by molar-refractivity contribution is -0.141. The van der Waals surface area contributed by atoms with Gasteiger partial charge in [-0.3, -0.25) is 4.79 Å². The lowest BCUT2D eigenvalue weighted by Crippen LogP contribution is -2.57. The number of likely N-dealkylation sites (tertiary alicyclic amines) is 1. The fourth-order valence-corrected chi connectivity index (χ4v) is 2.68. The van der Waals surface area contributed by atoms with Crippen molar-refractivity contribution in [3.63, 3.8) is 0 Å². The second-order valence-corrected chi connectivity index (χ2v) is 5.73. The normalized spacial score (nSPS) is 22.7. The molecule has 0 unspecified atom stereocenters. The van der Waals surface area contributed by atoms with Gasteiger partial charge in [-0.1, -0.05) is 18.2 Å². The van der Waals surface area contributed by atoms with Gasteiger partial charge >= 0.3 is 0 Å². The van der Waals surface area contributed by atoms with Gasteiger partial charge in [-0.05, 0) is 18.6 Å². The van der Waals surface area contributed by atoms with Crippen molar-refractivity contribution in [2.45, 2.75) is 25.5 Å². The Morgan fingerprint density at radius 2 is 2.24 bits per heavy atom. The summed E-state index contributed by atoms with van der Waals surface area (Å²) in [6, 6.07) is 8.13. The van der Waals surface area contributed by atoms with Crippen molar-refractivity contribution >= 4 is 5.91 Å². The first-order valence-electron chi connectivity index (χ1n) is 7.53. The number of amides is 1. The zero-order valence-electron chi connectivity index (χ0n) is 12.4. The highest BCUT2D eigenvalue weighted by Crippen LogP contribution is 2.22. The maximum absolute atomic E-state index is 12.1. The molecular formula is C16H22N2O3. The summed E-state index contributed by atoms with van der Waals surface area (Å²) in [5.41, 5.74) is 1.13. The van der Waals surface area contributed by atoms with E-state index in [1.807, 2.05) is 36.1 Å². The predicted octanol–water partition coefficient (Wildman–Crippen LogP) is 0.963. The topological polar surface area (TPSA) is 50.8 Å². The van der Waals surface area contributed by atoms with Crippen molar-refractivity contribution in [2.75, 3.05) is 32.8 Å². The van der Waals surface area contributed by atoms with E-state index in [1.165, 1.54) is 0 Å². The maximum Gasteiger partial charge on any atom is 0.224 e. The molecule has 2 fully saturated rings. The molecule has 5 heteroatoms. The van der Waals surface area contributed by atoms with E-state index in [4.69, 9.17) is 9.47 Å². The number of hydrogen-bond donors (Lipinski definition) is 1. The molecule has 114 valence electrons. The molecule has 0 saturated carbocycles. The van der Waals surface area contributed by atoms with Crippen LogP contribution in [0.4, 0.5) is 0 Å². The van der Waals surface area contributed by atoms with E-state index in [2.05, 4.69) is 5.32 Å². The molecule has 21 heavy (non-hydrogen) atoms. The number of aryl methyl sites for hydroxylation is 1. The van der Waals surface area contributed by atoms with Gasteiger partial charge < -0.3 is 19.7 Å². The largest absolute Gasteiger partial charge is 0.486 e. The van der Waals surface area contributed by atoms with Crippen LogP contribution in [0.2, 0.25) is 0 Å². The van der Waals surface area contributed by atoms with Crippen LogP contribution in [0.15, 0.2) is 24.3 Å². The van der Waals surface area contributed by atoms with E-state index < -0.39 is 0 Å². The molecule has 1 aromatic rings. The zero-order valence-corrected chi connectivity index (χ0v) is 12.4. The van der Waals surface area contributed by atoms with Crippen LogP contribution in [0.3, 0.4) is 0 Å². The molecule has 5 nitrogen and oxygen atoms in total. The standard InChI is InChI=1S/C16H22N2O3/c1-12-4-2-3-5-15(12)21-14-9-18(10-14)16(19)8-13-11-20-7-6-17-13/h2-5,13-14,17H,6-11H2,1H3/t13-/m0/s1. The molecule has 3 rings (SSSR count). The fraction of sp³-hybridized carbons (Fsp3) is 0.562.